The zero-order chi connectivity index (χ0) is 20.5. The van der Waals surface area contributed by atoms with Crippen LogP contribution in [0.1, 0.15) is 79.1 Å². The Balaban J connectivity index is 0. The Labute approximate surface area is 185 Å². The maximum atomic E-state index is 11.9. The molecule has 0 amide bonds. The summed E-state index contributed by atoms with van der Waals surface area (Å²) in [5.41, 5.74) is 0.0837. The van der Waals surface area contributed by atoms with Crippen LogP contribution in [0.15, 0.2) is 24.3 Å². The van der Waals surface area contributed by atoms with Gasteiger partial charge in [0, 0.05) is 3.57 Å². The highest BCUT2D eigenvalue weighted by atomic mass is 127. The van der Waals surface area contributed by atoms with Gasteiger partial charge in [0.2, 0.25) is 0 Å². The minimum Gasteiger partial charge on any atom is -1.00 e. The van der Waals surface area contributed by atoms with Gasteiger partial charge in [-0.2, -0.15) is 0 Å². The molecule has 1 rings (SSSR count). The van der Waals surface area contributed by atoms with Crippen LogP contribution in [0, 0.1) is 3.57 Å². The van der Waals surface area contributed by atoms with Gasteiger partial charge in [-0.3, -0.25) is 8.63 Å². The lowest BCUT2D eigenvalue weighted by molar-refractivity contribution is -0.929. The standard InChI is InChI=1S/C16H36N.C6H4BF2I.FH/c1-5-9-13-17(14-10-6-2,15-11-7-3)16-12-8-4;8-7(9)5-1-3-6(10)4-2-5;/h5-16H2,1-4H3;1-4H;1H/q+1;;/p-1. The van der Waals surface area contributed by atoms with Gasteiger partial charge >= 0.3 is 7.27 Å². The lowest BCUT2D eigenvalue weighted by Crippen LogP contribution is -3.00. The fraction of sp³-hybridized carbons (Fsp3) is 0.727. The SMILES string of the molecule is CCCC[N+](CCCC)(CCCC)CCCC.FB(F)c1ccc(I)cc1.[F-]. The van der Waals surface area contributed by atoms with Crippen LogP contribution in [0.2, 0.25) is 0 Å². The average Bonchev–Trinajstić information content (AvgIpc) is 2.68. The minimum absolute atomic E-state index is 0. The van der Waals surface area contributed by atoms with Crippen LogP contribution in [-0.2, 0) is 0 Å². The summed E-state index contributed by atoms with van der Waals surface area (Å²) in [5.74, 6) is 0. The van der Waals surface area contributed by atoms with E-state index in [2.05, 4.69) is 50.3 Å². The summed E-state index contributed by atoms with van der Waals surface area (Å²) in [7, 11) is -2.35. The molecule has 0 aromatic heterocycles. The molecule has 28 heavy (non-hydrogen) atoms. The highest BCUT2D eigenvalue weighted by molar-refractivity contribution is 14.1. The van der Waals surface area contributed by atoms with Crippen LogP contribution in [0.5, 0.6) is 0 Å². The second kappa shape index (κ2) is 18.8. The van der Waals surface area contributed by atoms with E-state index in [1.807, 2.05) is 0 Å². The summed E-state index contributed by atoms with van der Waals surface area (Å²) in [5, 5.41) is 0. The maximum Gasteiger partial charge on any atom is 0.571 e. The number of rotatable bonds is 13. The van der Waals surface area contributed by atoms with Crippen LogP contribution >= 0.6 is 22.6 Å². The molecule has 0 bridgehead atoms. The molecule has 0 aliphatic carbocycles. The number of halogens is 4. The molecule has 0 saturated carbocycles. The van der Waals surface area contributed by atoms with E-state index in [1.54, 1.807) is 12.1 Å². The molecule has 0 heterocycles. The maximum absolute atomic E-state index is 11.9. The van der Waals surface area contributed by atoms with Crippen LogP contribution in [0.25, 0.3) is 0 Å². The molecule has 6 heteroatoms. The Hall–Kier alpha value is -0.235. The summed E-state index contributed by atoms with van der Waals surface area (Å²) in [4.78, 5) is 0. The fourth-order valence-electron chi connectivity index (χ4n) is 3.25. The number of hydrogen-bond acceptors (Lipinski definition) is 0. The predicted octanol–water partition coefficient (Wildman–Crippen LogP) is 3.93. The summed E-state index contributed by atoms with van der Waals surface area (Å²) in [6.07, 6.45) is 11.1. The van der Waals surface area contributed by atoms with Gasteiger partial charge in [0.05, 0.1) is 26.2 Å². The van der Waals surface area contributed by atoms with Gasteiger partial charge in [-0.05, 0) is 65.9 Å². The molecular weight excluding hydrogens is 473 g/mol. The largest absolute Gasteiger partial charge is 1.00 e. The first-order valence-corrected chi connectivity index (χ1v) is 11.9. The summed E-state index contributed by atoms with van der Waals surface area (Å²) in [6, 6.07) is 6.21. The summed E-state index contributed by atoms with van der Waals surface area (Å²) >= 11 is 2.07. The lowest BCUT2D eigenvalue weighted by Gasteiger charge is -2.39. The quantitative estimate of drug-likeness (QED) is 0.213. The average molecular weight is 513 g/mol. The van der Waals surface area contributed by atoms with E-state index in [1.165, 1.54) is 94.2 Å². The smallest absolute Gasteiger partial charge is 0.571 e. The third-order valence-electron chi connectivity index (χ3n) is 5.07. The highest BCUT2D eigenvalue weighted by Gasteiger charge is 2.24. The molecule has 0 spiro atoms. The van der Waals surface area contributed by atoms with Crippen molar-refractivity contribution in [1.82, 2.24) is 0 Å². The first-order chi connectivity index (χ1) is 12.9. The van der Waals surface area contributed by atoms with Crippen molar-refractivity contribution in [1.29, 1.82) is 0 Å². The van der Waals surface area contributed by atoms with Crippen molar-refractivity contribution in [2.45, 2.75) is 79.1 Å². The Bertz CT molecular complexity index is 420. The van der Waals surface area contributed by atoms with Gasteiger partial charge in [-0.25, -0.2) is 0 Å². The topological polar surface area (TPSA) is 0 Å². The number of nitrogens with zero attached hydrogens (tertiary/aromatic N) is 1. The zero-order valence-electron chi connectivity index (χ0n) is 18.3. The Morgan fingerprint density at radius 2 is 1.04 bits per heavy atom. The van der Waals surface area contributed by atoms with E-state index in [0.29, 0.717) is 0 Å². The van der Waals surface area contributed by atoms with Gasteiger partial charge in [-0.15, -0.1) is 0 Å². The molecule has 0 atom stereocenters. The van der Waals surface area contributed by atoms with Crippen molar-refractivity contribution in [2.75, 3.05) is 26.2 Å². The molecule has 1 nitrogen and oxygen atoms in total. The predicted molar refractivity (Wildman–Crippen MR) is 126 cm³/mol. The first kappa shape index (κ1) is 30.0. The molecular formula is C22H40BF3IN. The Morgan fingerprint density at radius 1 is 0.714 bits per heavy atom. The Morgan fingerprint density at radius 3 is 1.29 bits per heavy atom. The molecule has 1 aromatic carbocycles. The molecule has 1 aromatic rings. The molecule has 0 N–H and O–H groups in total. The van der Waals surface area contributed by atoms with Gasteiger partial charge in [0.1, 0.15) is 0 Å². The lowest BCUT2D eigenvalue weighted by atomic mass is 9.86. The van der Waals surface area contributed by atoms with E-state index in [0.717, 1.165) is 3.57 Å². The van der Waals surface area contributed by atoms with Crippen molar-refractivity contribution in [2.24, 2.45) is 0 Å². The van der Waals surface area contributed by atoms with E-state index < -0.39 is 7.27 Å². The summed E-state index contributed by atoms with van der Waals surface area (Å²) in [6.45, 7) is 15.0. The van der Waals surface area contributed by atoms with Crippen molar-refractivity contribution in [3.8, 4) is 0 Å². The number of unbranched alkanes of at least 4 members (excludes halogenated alkanes) is 4. The number of benzene rings is 1. The van der Waals surface area contributed by atoms with Crippen LogP contribution in [0.4, 0.5) is 8.63 Å². The van der Waals surface area contributed by atoms with Gasteiger partial charge in [-0.1, -0.05) is 65.5 Å². The zero-order valence-corrected chi connectivity index (χ0v) is 20.5. The monoisotopic (exact) mass is 513 g/mol. The molecule has 0 fully saturated rings. The van der Waals surface area contributed by atoms with Crippen molar-refractivity contribution >= 4 is 35.3 Å². The second-order valence-electron chi connectivity index (χ2n) is 7.50. The van der Waals surface area contributed by atoms with E-state index in [-0.39, 0.29) is 10.2 Å². The minimum atomic E-state index is -2.35. The summed E-state index contributed by atoms with van der Waals surface area (Å²) < 4.78 is 26.2. The van der Waals surface area contributed by atoms with Gasteiger partial charge < -0.3 is 9.19 Å². The van der Waals surface area contributed by atoms with E-state index >= 15 is 0 Å². The second-order valence-corrected chi connectivity index (χ2v) is 8.75. The van der Waals surface area contributed by atoms with Crippen LogP contribution in [-0.4, -0.2) is 37.9 Å². The molecule has 0 radical (unpaired) electrons. The number of hydrogen-bond donors (Lipinski definition) is 0. The molecule has 0 aliphatic heterocycles. The third kappa shape index (κ3) is 13.9. The molecule has 0 saturated heterocycles. The van der Waals surface area contributed by atoms with Crippen LogP contribution in [0.3, 0.4) is 0 Å². The Kier molecular flexibility index (Phi) is 20.1. The van der Waals surface area contributed by atoms with Crippen molar-refractivity contribution in [3.63, 3.8) is 0 Å². The fourth-order valence-corrected chi connectivity index (χ4v) is 3.61. The number of quaternary nitrogens is 1. The van der Waals surface area contributed by atoms with E-state index in [9.17, 15) is 8.63 Å². The van der Waals surface area contributed by atoms with Crippen LogP contribution < -0.4 is 10.2 Å². The molecule has 164 valence electrons. The van der Waals surface area contributed by atoms with Crippen molar-refractivity contribution < 1.29 is 17.8 Å². The molecule has 0 aliphatic rings. The molecule has 0 unspecified atom stereocenters. The van der Waals surface area contributed by atoms with Gasteiger partial charge in [0.15, 0.2) is 0 Å². The third-order valence-corrected chi connectivity index (χ3v) is 5.79. The normalized spacial score (nSPS) is 10.7. The highest BCUT2D eigenvalue weighted by Crippen LogP contribution is 2.16. The van der Waals surface area contributed by atoms with Crippen molar-refractivity contribution in [3.05, 3.63) is 27.8 Å². The first-order valence-electron chi connectivity index (χ1n) is 10.8. The van der Waals surface area contributed by atoms with E-state index in [4.69, 9.17) is 0 Å². The van der Waals surface area contributed by atoms with Gasteiger partial charge in [0.25, 0.3) is 0 Å².